The molecular weight excluding hydrogens is 176 g/mol. The van der Waals surface area contributed by atoms with Gasteiger partial charge in [-0.1, -0.05) is 18.7 Å². The number of nitrogens with one attached hydrogen (secondary N) is 1. The highest BCUT2D eigenvalue weighted by molar-refractivity contribution is 8.14. The molecule has 0 saturated carbocycles. The van der Waals surface area contributed by atoms with Crippen LogP contribution in [0.1, 0.15) is 6.92 Å². The molecule has 0 rings (SSSR count). The summed E-state index contributed by atoms with van der Waals surface area (Å²) in [5.41, 5.74) is 10.2. The molecule has 0 radical (unpaired) electrons. The van der Waals surface area contributed by atoms with Crippen molar-refractivity contribution >= 4 is 22.9 Å². The van der Waals surface area contributed by atoms with Crippen molar-refractivity contribution in [3.63, 3.8) is 0 Å². The number of methoxy groups -OCH3 is 1. The first-order valence-corrected chi connectivity index (χ1v) is 4.28. The summed E-state index contributed by atoms with van der Waals surface area (Å²) < 4.78 is 4.88. The number of nitrogens with two attached hydrogens (primary N) is 2. The molecule has 5 N–H and O–H groups in total. The van der Waals surface area contributed by atoms with Gasteiger partial charge in [-0.15, -0.1) is 0 Å². The lowest BCUT2D eigenvalue weighted by Crippen LogP contribution is -2.24. The summed E-state index contributed by atoms with van der Waals surface area (Å²) in [6, 6.07) is 0. The van der Waals surface area contributed by atoms with Gasteiger partial charge in [0.2, 0.25) is 0 Å². The van der Waals surface area contributed by atoms with Gasteiger partial charge < -0.3 is 16.2 Å². The van der Waals surface area contributed by atoms with Crippen molar-refractivity contribution < 1.29 is 4.74 Å². The minimum Gasteiger partial charge on any atom is -0.384 e. The number of rotatable bonds is 3. The second kappa shape index (κ2) is 5.84. The largest absolute Gasteiger partial charge is 0.384 e. The highest BCUT2D eigenvalue weighted by Crippen LogP contribution is 2.12. The van der Waals surface area contributed by atoms with Crippen molar-refractivity contribution in [3.05, 3.63) is 0 Å². The van der Waals surface area contributed by atoms with Gasteiger partial charge in [-0.25, -0.2) is 0 Å². The molecule has 0 spiro atoms. The van der Waals surface area contributed by atoms with Gasteiger partial charge in [0, 0.05) is 12.4 Å². The van der Waals surface area contributed by atoms with Gasteiger partial charge in [-0.05, 0) is 0 Å². The molecule has 1 atom stereocenters. The summed E-state index contributed by atoms with van der Waals surface area (Å²) in [7, 11) is 1.61. The molecule has 0 aliphatic heterocycles. The number of hydrogen-bond donors (Lipinski definition) is 3. The second-order valence-electron chi connectivity index (χ2n) is 2.23. The van der Waals surface area contributed by atoms with E-state index < -0.39 is 0 Å². The zero-order valence-corrected chi connectivity index (χ0v) is 8.02. The quantitative estimate of drug-likeness (QED) is 0.429. The maximum Gasteiger partial charge on any atom is 0.193 e. The predicted octanol–water partition coefficient (Wildman–Crippen LogP) is -0.0373. The number of ether oxygens (including phenoxy) is 1. The van der Waals surface area contributed by atoms with E-state index in [-0.39, 0.29) is 16.4 Å². The molecule has 70 valence electrons. The Morgan fingerprint density at radius 3 is 2.67 bits per heavy atom. The third-order valence-corrected chi connectivity index (χ3v) is 1.80. The summed E-state index contributed by atoms with van der Waals surface area (Å²) in [5.74, 6) is -0.0860. The van der Waals surface area contributed by atoms with Crippen molar-refractivity contribution in [1.82, 2.24) is 0 Å². The molecule has 0 aromatic heterocycles. The lowest BCUT2D eigenvalue weighted by Gasteiger charge is -2.07. The molecule has 5 nitrogen and oxygen atoms in total. The molecule has 0 aromatic rings. The van der Waals surface area contributed by atoms with Crippen LogP contribution in [0.25, 0.3) is 0 Å². The fraction of sp³-hybridized carbons (Fsp3) is 0.667. The van der Waals surface area contributed by atoms with Crippen molar-refractivity contribution in [2.75, 3.05) is 13.7 Å². The van der Waals surface area contributed by atoms with Crippen LogP contribution in [0.5, 0.6) is 0 Å². The molecule has 0 aromatic carbocycles. The van der Waals surface area contributed by atoms with E-state index in [4.69, 9.17) is 21.6 Å². The second-order valence-corrected chi connectivity index (χ2v) is 3.65. The van der Waals surface area contributed by atoms with Crippen LogP contribution in [0.4, 0.5) is 0 Å². The van der Waals surface area contributed by atoms with E-state index in [1.807, 2.05) is 6.92 Å². The van der Waals surface area contributed by atoms with Crippen LogP contribution in [-0.2, 0) is 4.74 Å². The van der Waals surface area contributed by atoms with Gasteiger partial charge in [0.05, 0.1) is 6.61 Å². The van der Waals surface area contributed by atoms with E-state index in [1.54, 1.807) is 7.11 Å². The zero-order chi connectivity index (χ0) is 9.56. The van der Waals surface area contributed by atoms with E-state index in [9.17, 15) is 0 Å². The van der Waals surface area contributed by atoms with Gasteiger partial charge in [0.1, 0.15) is 0 Å². The summed E-state index contributed by atoms with van der Waals surface area (Å²) in [6.45, 7) is 2.51. The molecule has 0 aliphatic carbocycles. The minimum absolute atomic E-state index is 0.0860. The van der Waals surface area contributed by atoms with Crippen molar-refractivity contribution in [1.29, 1.82) is 5.41 Å². The maximum absolute atomic E-state index is 7.29. The highest BCUT2D eigenvalue weighted by Gasteiger charge is 2.05. The van der Waals surface area contributed by atoms with Crippen LogP contribution in [0.2, 0.25) is 0 Å². The molecule has 0 bridgehead atoms. The Morgan fingerprint density at radius 2 is 2.25 bits per heavy atom. The molecule has 12 heavy (non-hydrogen) atoms. The topological polar surface area (TPSA) is 97.5 Å². The minimum atomic E-state index is -0.0860. The Balaban J connectivity index is 3.77. The highest BCUT2D eigenvalue weighted by atomic mass is 32.2. The lowest BCUT2D eigenvalue weighted by molar-refractivity contribution is 0.203. The molecular formula is C6H14N4OS. The Labute approximate surface area is 76.1 Å². The number of hydrogen-bond acceptors (Lipinski definition) is 3. The standard InChI is InChI=1S/C6H14N4OS/c1-4(3-11-2)12-6(9)10-5(7)8/h4H,3H2,1-2H3,(H5,7,8,9,10). The molecule has 6 heteroatoms. The predicted molar refractivity (Wildman–Crippen MR) is 52.5 cm³/mol. The van der Waals surface area contributed by atoms with Crippen molar-refractivity contribution in [2.45, 2.75) is 12.2 Å². The van der Waals surface area contributed by atoms with Gasteiger partial charge in [0.25, 0.3) is 0 Å². The monoisotopic (exact) mass is 190 g/mol. The first-order valence-electron chi connectivity index (χ1n) is 3.40. The first-order chi connectivity index (χ1) is 5.56. The average molecular weight is 190 g/mol. The van der Waals surface area contributed by atoms with E-state index >= 15 is 0 Å². The number of aliphatic imine (C=N–C) groups is 1. The molecule has 0 fully saturated rings. The van der Waals surface area contributed by atoms with Crippen LogP contribution in [-0.4, -0.2) is 30.1 Å². The lowest BCUT2D eigenvalue weighted by atomic mass is 10.5. The normalized spacial score (nSPS) is 12.2. The Kier molecular flexibility index (Phi) is 5.48. The first kappa shape index (κ1) is 11.2. The molecule has 0 saturated heterocycles. The van der Waals surface area contributed by atoms with Crippen molar-refractivity contribution in [3.8, 4) is 0 Å². The Bertz CT molecular complexity index is 178. The van der Waals surface area contributed by atoms with E-state index in [0.717, 1.165) is 0 Å². The van der Waals surface area contributed by atoms with Crippen LogP contribution < -0.4 is 11.5 Å². The van der Waals surface area contributed by atoms with E-state index in [0.29, 0.717) is 6.61 Å². The Hall–Kier alpha value is -0.750. The van der Waals surface area contributed by atoms with Crippen LogP contribution in [0.3, 0.4) is 0 Å². The fourth-order valence-corrected chi connectivity index (χ4v) is 1.35. The third kappa shape index (κ3) is 5.99. The molecule has 0 amide bonds. The maximum atomic E-state index is 7.29. The third-order valence-electron chi connectivity index (χ3n) is 0.945. The zero-order valence-electron chi connectivity index (χ0n) is 7.20. The summed E-state index contributed by atoms with van der Waals surface area (Å²) in [5, 5.41) is 7.58. The SMILES string of the molecule is COCC(C)SC(=N)N=C(N)N. The summed E-state index contributed by atoms with van der Waals surface area (Å²) >= 11 is 1.26. The molecule has 0 aliphatic rings. The molecule has 0 heterocycles. The number of guanidine groups is 1. The van der Waals surface area contributed by atoms with E-state index in [1.165, 1.54) is 11.8 Å². The fourth-order valence-electron chi connectivity index (χ4n) is 0.603. The average Bonchev–Trinajstić information content (AvgIpc) is 1.84. The number of nitrogens with zero attached hydrogens (tertiary/aromatic N) is 1. The summed E-state index contributed by atoms with van der Waals surface area (Å²) in [4.78, 5) is 3.56. The van der Waals surface area contributed by atoms with Crippen LogP contribution in [0, 0.1) is 5.41 Å². The number of thioether (sulfide) groups is 1. The Morgan fingerprint density at radius 1 is 1.67 bits per heavy atom. The van der Waals surface area contributed by atoms with Gasteiger partial charge >= 0.3 is 0 Å². The van der Waals surface area contributed by atoms with Gasteiger partial charge in [-0.2, -0.15) is 4.99 Å². The van der Waals surface area contributed by atoms with Crippen LogP contribution >= 0.6 is 11.8 Å². The molecule has 1 unspecified atom stereocenters. The van der Waals surface area contributed by atoms with Crippen molar-refractivity contribution in [2.24, 2.45) is 16.5 Å². The smallest absolute Gasteiger partial charge is 0.193 e. The van der Waals surface area contributed by atoms with Gasteiger partial charge in [-0.3, -0.25) is 5.41 Å². The van der Waals surface area contributed by atoms with E-state index in [2.05, 4.69) is 4.99 Å². The number of amidine groups is 1. The van der Waals surface area contributed by atoms with Crippen LogP contribution in [0.15, 0.2) is 4.99 Å². The summed E-state index contributed by atoms with van der Waals surface area (Å²) in [6.07, 6.45) is 0. The van der Waals surface area contributed by atoms with Gasteiger partial charge in [0.15, 0.2) is 11.1 Å².